The molecule has 3 fully saturated rings. The maximum atomic E-state index is 12.5. The van der Waals surface area contributed by atoms with Crippen molar-refractivity contribution in [2.24, 2.45) is 17.8 Å². The van der Waals surface area contributed by atoms with Crippen molar-refractivity contribution in [3.8, 4) is 0 Å². The maximum absolute atomic E-state index is 12.5. The quantitative estimate of drug-likeness (QED) is 0.813. The van der Waals surface area contributed by atoms with Crippen molar-refractivity contribution < 1.29 is 19.5 Å². The van der Waals surface area contributed by atoms with Crippen LogP contribution in [0.1, 0.15) is 64.7 Å². The summed E-state index contributed by atoms with van der Waals surface area (Å²) in [4.78, 5) is 37.9. The van der Waals surface area contributed by atoms with Crippen LogP contribution in [0.4, 0.5) is 0 Å². The van der Waals surface area contributed by atoms with Gasteiger partial charge < -0.3 is 15.3 Å². The lowest BCUT2D eigenvalue weighted by Crippen LogP contribution is -2.43. The molecule has 0 unspecified atom stereocenters. The van der Waals surface area contributed by atoms with Gasteiger partial charge in [-0.05, 0) is 57.3 Å². The fraction of sp³-hybridized carbons (Fsp3) is 0.842. The van der Waals surface area contributed by atoms with Crippen molar-refractivity contribution in [2.45, 2.75) is 76.8 Å². The fourth-order valence-corrected chi connectivity index (χ4v) is 4.62. The number of nitrogens with one attached hydrogen (secondary N) is 1. The number of carbonyl (C=O) groups is 3. The van der Waals surface area contributed by atoms with E-state index < -0.39 is 5.97 Å². The molecule has 6 heteroatoms. The average molecular weight is 350 g/mol. The second-order valence-corrected chi connectivity index (χ2v) is 8.26. The van der Waals surface area contributed by atoms with Gasteiger partial charge in [0.25, 0.3) is 0 Å². The Hall–Kier alpha value is -1.59. The molecule has 0 aromatic carbocycles. The van der Waals surface area contributed by atoms with Gasteiger partial charge in [-0.3, -0.25) is 14.4 Å². The number of carboxylic acid groups (broad SMARTS) is 1. The van der Waals surface area contributed by atoms with Gasteiger partial charge in [-0.1, -0.05) is 6.92 Å². The lowest BCUT2D eigenvalue weighted by Gasteiger charge is -2.33. The molecule has 3 aliphatic rings. The number of hydrogen-bond acceptors (Lipinski definition) is 3. The van der Waals surface area contributed by atoms with Crippen LogP contribution in [0.25, 0.3) is 0 Å². The first-order chi connectivity index (χ1) is 11.9. The van der Waals surface area contributed by atoms with Gasteiger partial charge in [0, 0.05) is 25.0 Å². The number of carboxylic acids is 1. The summed E-state index contributed by atoms with van der Waals surface area (Å²) < 4.78 is 0. The molecule has 1 atom stereocenters. The predicted octanol–water partition coefficient (Wildman–Crippen LogP) is 2.17. The first kappa shape index (κ1) is 18.2. The smallest absolute Gasteiger partial charge is 0.306 e. The summed E-state index contributed by atoms with van der Waals surface area (Å²) in [6.07, 6.45) is 7.44. The third-order valence-corrected chi connectivity index (χ3v) is 6.38. The van der Waals surface area contributed by atoms with Gasteiger partial charge in [-0.2, -0.15) is 0 Å². The summed E-state index contributed by atoms with van der Waals surface area (Å²) >= 11 is 0. The largest absolute Gasteiger partial charge is 0.481 e. The van der Waals surface area contributed by atoms with Gasteiger partial charge in [0.2, 0.25) is 11.8 Å². The van der Waals surface area contributed by atoms with Crippen LogP contribution in [0.2, 0.25) is 0 Å². The molecule has 6 nitrogen and oxygen atoms in total. The minimum atomic E-state index is -0.733. The molecule has 25 heavy (non-hydrogen) atoms. The SMILES string of the molecule is CC1CCC(N2C[C@@H](C(=O)NC3CCC(C(=O)O)CC3)CC2=O)CC1. The number of rotatable bonds is 4. The molecule has 140 valence electrons. The van der Waals surface area contributed by atoms with Crippen molar-refractivity contribution in [2.75, 3.05) is 6.54 Å². The van der Waals surface area contributed by atoms with Crippen molar-refractivity contribution >= 4 is 17.8 Å². The third kappa shape index (κ3) is 4.33. The van der Waals surface area contributed by atoms with Crippen LogP contribution >= 0.6 is 0 Å². The van der Waals surface area contributed by atoms with E-state index in [1.807, 2.05) is 4.90 Å². The van der Waals surface area contributed by atoms with Crippen LogP contribution < -0.4 is 5.32 Å². The normalized spacial score (nSPS) is 36.3. The average Bonchev–Trinajstić information content (AvgIpc) is 2.98. The van der Waals surface area contributed by atoms with Gasteiger partial charge in [0.1, 0.15) is 0 Å². The number of aliphatic carboxylic acids is 1. The summed E-state index contributed by atoms with van der Waals surface area (Å²) in [5, 5.41) is 12.1. The predicted molar refractivity (Wildman–Crippen MR) is 92.8 cm³/mol. The van der Waals surface area contributed by atoms with E-state index in [4.69, 9.17) is 5.11 Å². The molecule has 1 heterocycles. The van der Waals surface area contributed by atoms with E-state index in [-0.39, 0.29) is 29.7 Å². The number of nitrogens with zero attached hydrogens (tertiary/aromatic N) is 1. The van der Waals surface area contributed by atoms with E-state index in [0.717, 1.165) is 31.6 Å². The molecule has 3 rings (SSSR count). The first-order valence-electron chi connectivity index (χ1n) is 9.76. The third-order valence-electron chi connectivity index (χ3n) is 6.38. The molecule has 0 bridgehead atoms. The molecule has 2 saturated carbocycles. The van der Waals surface area contributed by atoms with Crippen LogP contribution in [0.3, 0.4) is 0 Å². The summed E-state index contributed by atoms with van der Waals surface area (Å²) in [6.45, 7) is 2.81. The van der Waals surface area contributed by atoms with E-state index in [0.29, 0.717) is 44.7 Å². The van der Waals surface area contributed by atoms with Gasteiger partial charge in [-0.25, -0.2) is 0 Å². The molecule has 2 N–H and O–H groups in total. The van der Waals surface area contributed by atoms with Crippen molar-refractivity contribution in [3.63, 3.8) is 0 Å². The number of amides is 2. The highest BCUT2D eigenvalue weighted by molar-refractivity contribution is 5.89. The Bertz CT molecular complexity index is 520. The van der Waals surface area contributed by atoms with E-state index >= 15 is 0 Å². The molecule has 2 amide bonds. The van der Waals surface area contributed by atoms with Gasteiger partial charge in [-0.15, -0.1) is 0 Å². The Labute approximate surface area is 149 Å². The second kappa shape index (κ2) is 7.75. The minimum Gasteiger partial charge on any atom is -0.481 e. The number of likely N-dealkylation sites (tertiary alicyclic amines) is 1. The van der Waals surface area contributed by atoms with Crippen molar-refractivity contribution in [1.29, 1.82) is 0 Å². The first-order valence-corrected chi connectivity index (χ1v) is 9.76. The van der Waals surface area contributed by atoms with Crippen molar-refractivity contribution in [1.82, 2.24) is 10.2 Å². The minimum absolute atomic E-state index is 0.0289. The van der Waals surface area contributed by atoms with E-state index in [1.165, 1.54) is 0 Å². The van der Waals surface area contributed by atoms with Crippen LogP contribution in [0, 0.1) is 17.8 Å². The van der Waals surface area contributed by atoms with Crippen LogP contribution in [0.15, 0.2) is 0 Å². The Morgan fingerprint density at radius 1 is 1.00 bits per heavy atom. The number of carbonyl (C=O) groups excluding carboxylic acids is 2. The monoisotopic (exact) mass is 350 g/mol. The summed E-state index contributed by atoms with van der Waals surface area (Å²) in [7, 11) is 0. The Morgan fingerprint density at radius 3 is 2.24 bits per heavy atom. The molecular formula is C19H30N2O4. The zero-order chi connectivity index (χ0) is 18.0. The summed E-state index contributed by atoms with van der Waals surface area (Å²) in [5.41, 5.74) is 0. The Kier molecular flexibility index (Phi) is 5.64. The molecule has 0 aromatic heterocycles. The highest BCUT2D eigenvalue weighted by Gasteiger charge is 2.39. The molecule has 1 aliphatic heterocycles. The summed E-state index contributed by atoms with van der Waals surface area (Å²) in [6, 6.07) is 0.371. The molecule has 0 radical (unpaired) electrons. The Morgan fingerprint density at radius 2 is 1.64 bits per heavy atom. The van der Waals surface area contributed by atoms with E-state index in [1.54, 1.807) is 0 Å². The molecule has 1 saturated heterocycles. The highest BCUT2D eigenvalue weighted by Crippen LogP contribution is 2.31. The van der Waals surface area contributed by atoms with Gasteiger partial charge in [0.05, 0.1) is 11.8 Å². The zero-order valence-corrected chi connectivity index (χ0v) is 15.1. The van der Waals surface area contributed by atoms with Crippen LogP contribution in [-0.2, 0) is 14.4 Å². The molecule has 0 aromatic rings. The molecular weight excluding hydrogens is 320 g/mol. The van der Waals surface area contributed by atoms with Gasteiger partial charge in [0.15, 0.2) is 0 Å². The lowest BCUT2D eigenvalue weighted by molar-refractivity contribution is -0.143. The molecule has 2 aliphatic carbocycles. The standard InChI is InChI=1S/C19H30N2O4/c1-12-2-8-16(9-3-12)21-11-14(10-17(21)22)18(23)20-15-6-4-13(5-7-15)19(24)25/h12-16H,2-11H2,1H3,(H,20,23)(H,24,25)/t12?,13?,14-,15?,16?/m0/s1. The van der Waals surface area contributed by atoms with Crippen molar-refractivity contribution in [3.05, 3.63) is 0 Å². The van der Waals surface area contributed by atoms with E-state index in [2.05, 4.69) is 12.2 Å². The molecule has 0 spiro atoms. The maximum Gasteiger partial charge on any atom is 0.306 e. The summed E-state index contributed by atoms with van der Waals surface area (Å²) in [5.74, 6) is -0.417. The second-order valence-electron chi connectivity index (χ2n) is 8.26. The van der Waals surface area contributed by atoms with Crippen LogP contribution in [0.5, 0.6) is 0 Å². The van der Waals surface area contributed by atoms with E-state index in [9.17, 15) is 14.4 Å². The lowest BCUT2D eigenvalue weighted by atomic mass is 9.86. The van der Waals surface area contributed by atoms with Gasteiger partial charge >= 0.3 is 5.97 Å². The fourth-order valence-electron chi connectivity index (χ4n) is 4.62. The zero-order valence-electron chi connectivity index (χ0n) is 15.1. The topological polar surface area (TPSA) is 86.7 Å². The van der Waals surface area contributed by atoms with Crippen LogP contribution in [-0.4, -0.2) is 46.4 Å². The highest BCUT2D eigenvalue weighted by atomic mass is 16.4. The number of hydrogen-bond donors (Lipinski definition) is 2. The Balaban J connectivity index is 1.47.